The first-order valence-electron chi connectivity index (χ1n) is 5.33. The van der Waals surface area contributed by atoms with Gasteiger partial charge in [0.2, 0.25) is 0 Å². The van der Waals surface area contributed by atoms with Gasteiger partial charge in [-0.3, -0.25) is 0 Å². The maximum absolute atomic E-state index is 8.89. The van der Waals surface area contributed by atoms with Crippen LogP contribution in [0.3, 0.4) is 0 Å². The predicted octanol–water partition coefficient (Wildman–Crippen LogP) is 0.918. The van der Waals surface area contributed by atoms with Gasteiger partial charge >= 0.3 is 0 Å². The molecule has 1 rings (SSSR count). The van der Waals surface area contributed by atoms with Crippen LogP contribution in [-0.4, -0.2) is 27.8 Å². The van der Waals surface area contributed by atoms with E-state index in [1.54, 1.807) is 6.20 Å². The highest BCUT2D eigenvalue weighted by Gasteiger charge is 2.16. The molecule has 0 radical (unpaired) electrons. The van der Waals surface area contributed by atoms with Crippen LogP contribution in [0.25, 0.3) is 0 Å². The third-order valence-corrected chi connectivity index (χ3v) is 2.60. The van der Waals surface area contributed by atoms with E-state index in [1.807, 2.05) is 17.8 Å². The lowest BCUT2D eigenvalue weighted by Gasteiger charge is -2.23. The van der Waals surface area contributed by atoms with Crippen molar-refractivity contribution < 1.29 is 5.11 Å². The van der Waals surface area contributed by atoms with Crippen molar-refractivity contribution in [3.8, 4) is 0 Å². The number of hydrogen-bond acceptors (Lipinski definition) is 3. The molecule has 0 aliphatic carbocycles. The summed E-state index contributed by atoms with van der Waals surface area (Å²) in [5.74, 6) is 1.04. The molecule has 0 aliphatic heterocycles. The zero-order valence-electron chi connectivity index (χ0n) is 9.82. The van der Waals surface area contributed by atoms with Crippen molar-refractivity contribution in [3.63, 3.8) is 0 Å². The van der Waals surface area contributed by atoms with E-state index in [0.717, 1.165) is 25.3 Å². The zero-order chi connectivity index (χ0) is 11.3. The van der Waals surface area contributed by atoms with E-state index in [1.165, 1.54) is 0 Å². The number of aliphatic hydroxyl groups is 1. The summed E-state index contributed by atoms with van der Waals surface area (Å²) in [6.07, 6.45) is 4.56. The van der Waals surface area contributed by atoms with Crippen molar-refractivity contribution in [2.75, 3.05) is 13.2 Å². The molecule has 0 saturated heterocycles. The Morgan fingerprint density at radius 3 is 2.80 bits per heavy atom. The second-order valence-corrected chi connectivity index (χ2v) is 4.70. The maximum Gasteiger partial charge on any atom is 0.122 e. The molecule has 1 aromatic heterocycles. The van der Waals surface area contributed by atoms with Crippen molar-refractivity contribution in [1.82, 2.24) is 14.9 Å². The van der Waals surface area contributed by atoms with Crippen LogP contribution in [-0.2, 0) is 13.6 Å². The molecule has 0 aromatic carbocycles. The number of imidazole rings is 1. The largest absolute Gasteiger partial charge is 0.396 e. The van der Waals surface area contributed by atoms with Crippen LogP contribution >= 0.6 is 0 Å². The molecule has 0 spiro atoms. The molecule has 15 heavy (non-hydrogen) atoms. The number of hydrogen-bond donors (Lipinski definition) is 2. The Bertz CT molecular complexity index is 294. The van der Waals surface area contributed by atoms with E-state index >= 15 is 0 Å². The van der Waals surface area contributed by atoms with E-state index in [-0.39, 0.29) is 12.0 Å². The number of aliphatic hydroxyl groups excluding tert-OH is 1. The van der Waals surface area contributed by atoms with Crippen LogP contribution in [0.4, 0.5) is 0 Å². The molecular formula is C11H21N3O. The average molecular weight is 211 g/mol. The van der Waals surface area contributed by atoms with Gasteiger partial charge in [-0.2, -0.15) is 0 Å². The molecule has 0 fully saturated rings. The summed E-state index contributed by atoms with van der Waals surface area (Å²) in [5, 5.41) is 12.2. The monoisotopic (exact) mass is 211 g/mol. The van der Waals surface area contributed by atoms with Crippen LogP contribution in [0.2, 0.25) is 0 Å². The Hall–Kier alpha value is -0.870. The summed E-state index contributed by atoms with van der Waals surface area (Å²) in [4.78, 5) is 4.23. The standard InChI is InChI=1S/C11H21N3O/c1-11(2,4-7-15)9-12-8-10-13-5-6-14(10)3/h5-6,12,15H,4,7-9H2,1-3H3. The Labute approximate surface area is 91.3 Å². The average Bonchev–Trinajstić information content (AvgIpc) is 2.51. The normalized spacial score (nSPS) is 12.0. The summed E-state index contributed by atoms with van der Waals surface area (Å²) in [5.41, 5.74) is 0.139. The van der Waals surface area contributed by atoms with Gasteiger partial charge in [-0.15, -0.1) is 0 Å². The summed E-state index contributed by atoms with van der Waals surface area (Å²) in [6.45, 7) is 6.21. The third kappa shape index (κ3) is 4.01. The second kappa shape index (κ2) is 5.28. The fraction of sp³-hybridized carbons (Fsp3) is 0.727. The van der Waals surface area contributed by atoms with Gasteiger partial charge in [-0.25, -0.2) is 4.98 Å². The molecule has 0 saturated carbocycles. The van der Waals surface area contributed by atoms with E-state index in [4.69, 9.17) is 5.11 Å². The first-order valence-corrected chi connectivity index (χ1v) is 5.33. The van der Waals surface area contributed by atoms with Crippen molar-refractivity contribution in [1.29, 1.82) is 0 Å². The Morgan fingerprint density at radius 1 is 1.53 bits per heavy atom. The van der Waals surface area contributed by atoms with E-state index < -0.39 is 0 Å². The lowest BCUT2D eigenvalue weighted by Crippen LogP contribution is -2.30. The number of aryl methyl sites for hydroxylation is 1. The Kier molecular flexibility index (Phi) is 4.29. The van der Waals surface area contributed by atoms with Gasteiger partial charge in [0.15, 0.2) is 0 Å². The molecule has 0 bridgehead atoms. The number of nitrogens with zero attached hydrogens (tertiary/aromatic N) is 2. The number of rotatable bonds is 6. The third-order valence-electron chi connectivity index (χ3n) is 2.60. The molecule has 86 valence electrons. The van der Waals surface area contributed by atoms with Crippen LogP contribution in [0, 0.1) is 5.41 Å². The highest BCUT2D eigenvalue weighted by atomic mass is 16.3. The van der Waals surface area contributed by atoms with Crippen LogP contribution < -0.4 is 5.32 Å². The highest BCUT2D eigenvalue weighted by molar-refractivity contribution is 4.90. The van der Waals surface area contributed by atoms with Gasteiger partial charge in [0.25, 0.3) is 0 Å². The number of aromatic nitrogens is 2. The lowest BCUT2D eigenvalue weighted by molar-refractivity contribution is 0.206. The SMILES string of the molecule is Cn1ccnc1CNCC(C)(C)CCO. The van der Waals surface area contributed by atoms with Crippen LogP contribution in [0.1, 0.15) is 26.1 Å². The fourth-order valence-corrected chi connectivity index (χ4v) is 1.47. The smallest absolute Gasteiger partial charge is 0.122 e. The van der Waals surface area contributed by atoms with Gasteiger partial charge < -0.3 is 15.0 Å². The zero-order valence-corrected chi connectivity index (χ0v) is 9.82. The summed E-state index contributed by atoms with van der Waals surface area (Å²) < 4.78 is 2.01. The molecule has 0 atom stereocenters. The minimum Gasteiger partial charge on any atom is -0.396 e. The highest BCUT2D eigenvalue weighted by Crippen LogP contribution is 2.17. The first kappa shape index (κ1) is 12.2. The molecule has 4 heteroatoms. The predicted molar refractivity (Wildman–Crippen MR) is 60.4 cm³/mol. The lowest BCUT2D eigenvalue weighted by atomic mass is 9.90. The van der Waals surface area contributed by atoms with Crippen molar-refractivity contribution in [2.45, 2.75) is 26.8 Å². The van der Waals surface area contributed by atoms with E-state index in [9.17, 15) is 0 Å². The fourth-order valence-electron chi connectivity index (χ4n) is 1.47. The molecule has 1 aromatic rings. The molecular weight excluding hydrogens is 190 g/mol. The van der Waals surface area contributed by atoms with Crippen molar-refractivity contribution >= 4 is 0 Å². The van der Waals surface area contributed by atoms with Crippen molar-refractivity contribution in [2.24, 2.45) is 12.5 Å². The molecule has 1 heterocycles. The van der Waals surface area contributed by atoms with Crippen LogP contribution in [0.5, 0.6) is 0 Å². The van der Waals surface area contributed by atoms with Crippen LogP contribution in [0.15, 0.2) is 12.4 Å². The van der Waals surface area contributed by atoms with Gasteiger partial charge in [0, 0.05) is 32.6 Å². The Morgan fingerprint density at radius 2 is 2.27 bits per heavy atom. The minimum atomic E-state index is 0.139. The number of nitrogens with one attached hydrogen (secondary N) is 1. The summed E-state index contributed by atoms with van der Waals surface area (Å²) >= 11 is 0. The first-order chi connectivity index (χ1) is 7.05. The van der Waals surface area contributed by atoms with Gasteiger partial charge in [-0.05, 0) is 11.8 Å². The van der Waals surface area contributed by atoms with Gasteiger partial charge in [0.1, 0.15) is 5.82 Å². The molecule has 4 nitrogen and oxygen atoms in total. The minimum absolute atomic E-state index is 0.139. The van der Waals surface area contributed by atoms with Gasteiger partial charge in [-0.1, -0.05) is 13.8 Å². The molecule has 2 N–H and O–H groups in total. The summed E-state index contributed by atoms with van der Waals surface area (Å²) in [7, 11) is 1.99. The Balaban J connectivity index is 2.30. The quantitative estimate of drug-likeness (QED) is 0.735. The van der Waals surface area contributed by atoms with Crippen molar-refractivity contribution in [3.05, 3.63) is 18.2 Å². The molecule has 0 aliphatic rings. The maximum atomic E-state index is 8.89. The second-order valence-electron chi connectivity index (χ2n) is 4.70. The van der Waals surface area contributed by atoms with E-state index in [2.05, 4.69) is 24.1 Å². The van der Waals surface area contributed by atoms with E-state index in [0.29, 0.717) is 0 Å². The molecule has 0 amide bonds. The summed E-state index contributed by atoms with van der Waals surface area (Å²) in [6, 6.07) is 0. The topological polar surface area (TPSA) is 50.1 Å². The molecule has 0 unspecified atom stereocenters. The van der Waals surface area contributed by atoms with Gasteiger partial charge in [0.05, 0.1) is 6.54 Å².